The molecule has 0 radical (unpaired) electrons. The fourth-order valence-corrected chi connectivity index (χ4v) is 4.87. The van der Waals surface area contributed by atoms with Crippen molar-refractivity contribution < 1.29 is 19.1 Å². The molecule has 2 aromatic carbocycles. The quantitative estimate of drug-likeness (QED) is 0.553. The summed E-state index contributed by atoms with van der Waals surface area (Å²) in [5.41, 5.74) is 3.27. The minimum atomic E-state index is -0.436. The highest BCUT2D eigenvalue weighted by Crippen LogP contribution is 2.46. The van der Waals surface area contributed by atoms with Gasteiger partial charge in [0.25, 0.3) is 5.91 Å². The minimum absolute atomic E-state index is 0.0908. The normalized spacial score (nSPS) is 18.3. The lowest BCUT2D eigenvalue weighted by molar-refractivity contribution is -0.118. The number of methoxy groups -OCH3 is 2. The zero-order chi connectivity index (χ0) is 24.7. The average Bonchev–Trinajstić information content (AvgIpc) is 3.26. The average molecular weight is 473 g/mol. The standard InChI is InChI=1S/C27H28N4O4/c1-27(2)13-21-23(22(32)14-27)24(16-8-10-18(34-3)11-9-16)31-25(30-21)20(15-28-31)26(33)29-17-6-5-7-19(12-17)35-4/h5-12,15,24,30H,13-14H2,1-4H3,(H,29,33)/t24-/m0/s1. The summed E-state index contributed by atoms with van der Waals surface area (Å²) in [6.45, 7) is 4.17. The van der Waals surface area contributed by atoms with Crippen molar-refractivity contribution in [2.75, 3.05) is 24.9 Å². The van der Waals surface area contributed by atoms with Gasteiger partial charge in [0.15, 0.2) is 5.78 Å². The molecule has 35 heavy (non-hydrogen) atoms. The van der Waals surface area contributed by atoms with Crippen molar-refractivity contribution in [3.05, 3.63) is 77.1 Å². The van der Waals surface area contributed by atoms with E-state index in [4.69, 9.17) is 9.47 Å². The van der Waals surface area contributed by atoms with Crippen LogP contribution >= 0.6 is 0 Å². The SMILES string of the molecule is COc1ccc([C@H]2C3=C(CC(C)(C)CC3=O)Nc3c(C(=O)Nc4cccc(OC)c4)cnn32)cc1. The predicted octanol–water partition coefficient (Wildman–Crippen LogP) is 4.81. The van der Waals surface area contributed by atoms with Crippen molar-refractivity contribution in [2.45, 2.75) is 32.7 Å². The molecule has 0 fully saturated rings. The van der Waals surface area contributed by atoms with E-state index < -0.39 is 6.04 Å². The van der Waals surface area contributed by atoms with E-state index in [1.54, 1.807) is 37.2 Å². The number of ketones is 1. The lowest BCUT2D eigenvalue weighted by Gasteiger charge is -2.39. The van der Waals surface area contributed by atoms with Gasteiger partial charge in [0.2, 0.25) is 0 Å². The van der Waals surface area contributed by atoms with E-state index in [0.717, 1.165) is 17.0 Å². The number of carbonyl (C=O) groups excluding carboxylic acids is 2. The fraction of sp³-hybridized carbons (Fsp3) is 0.296. The highest BCUT2D eigenvalue weighted by Gasteiger charge is 2.42. The van der Waals surface area contributed by atoms with Crippen LogP contribution in [0.1, 0.15) is 48.7 Å². The Morgan fingerprint density at radius 2 is 1.83 bits per heavy atom. The van der Waals surface area contributed by atoms with E-state index in [1.165, 1.54) is 0 Å². The Labute approximate surface area is 203 Å². The van der Waals surface area contributed by atoms with E-state index in [0.29, 0.717) is 41.2 Å². The monoisotopic (exact) mass is 472 g/mol. The molecule has 8 nitrogen and oxygen atoms in total. The summed E-state index contributed by atoms with van der Waals surface area (Å²) in [4.78, 5) is 26.6. The number of amides is 1. The van der Waals surface area contributed by atoms with E-state index in [-0.39, 0.29) is 17.1 Å². The number of aromatic nitrogens is 2. The first-order chi connectivity index (χ1) is 16.8. The van der Waals surface area contributed by atoms with Gasteiger partial charge in [-0.05, 0) is 41.7 Å². The molecule has 0 bridgehead atoms. The van der Waals surface area contributed by atoms with Gasteiger partial charge < -0.3 is 20.1 Å². The number of ether oxygens (including phenoxy) is 2. The van der Waals surface area contributed by atoms with Gasteiger partial charge in [-0.15, -0.1) is 0 Å². The zero-order valence-corrected chi connectivity index (χ0v) is 20.2. The number of rotatable bonds is 5. The van der Waals surface area contributed by atoms with Crippen LogP contribution in [0.25, 0.3) is 0 Å². The molecule has 0 spiro atoms. The number of anilines is 2. The van der Waals surface area contributed by atoms with Crippen molar-refractivity contribution in [2.24, 2.45) is 5.41 Å². The van der Waals surface area contributed by atoms with E-state index >= 15 is 0 Å². The van der Waals surface area contributed by atoms with Crippen LogP contribution in [0.15, 0.2) is 66.0 Å². The Balaban J connectivity index is 1.57. The number of nitrogens with one attached hydrogen (secondary N) is 2. The minimum Gasteiger partial charge on any atom is -0.497 e. The van der Waals surface area contributed by atoms with Crippen molar-refractivity contribution in [3.63, 3.8) is 0 Å². The number of hydrogen-bond donors (Lipinski definition) is 2. The Bertz CT molecular complexity index is 1340. The second-order valence-electron chi connectivity index (χ2n) is 9.67. The van der Waals surface area contributed by atoms with E-state index in [2.05, 4.69) is 29.6 Å². The van der Waals surface area contributed by atoms with Gasteiger partial charge >= 0.3 is 0 Å². The summed E-state index contributed by atoms with van der Waals surface area (Å²) in [7, 11) is 3.20. The molecule has 1 aliphatic carbocycles. The maximum Gasteiger partial charge on any atom is 0.261 e. The molecule has 0 saturated carbocycles. The highest BCUT2D eigenvalue weighted by molar-refractivity contribution is 6.08. The first-order valence-corrected chi connectivity index (χ1v) is 11.5. The second kappa shape index (κ2) is 8.61. The zero-order valence-electron chi connectivity index (χ0n) is 20.2. The van der Waals surface area contributed by atoms with Crippen LogP contribution < -0.4 is 20.1 Å². The lowest BCUT2D eigenvalue weighted by Crippen LogP contribution is -2.37. The third-order valence-corrected chi connectivity index (χ3v) is 6.51. The van der Waals surface area contributed by atoms with Crippen molar-refractivity contribution in [1.82, 2.24) is 9.78 Å². The summed E-state index contributed by atoms with van der Waals surface area (Å²) in [5.74, 6) is 1.73. The maximum absolute atomic E-state index is 13.3. The number of hydrogen-bond acceptors (Lipinski definition) is 6. The van der Waals surface area contributed by atoms with Gasteiger partial charge in [0.1, 0.15) is 28.9 Å². The van der Waals surface area contributed by atoms with Crippen LogP contribution in [0.5, 0.6) is 11.5 Å². The van der Waals surface area contributed by atoms with Gasteiger partial charge in [-0.2, -0.15) is 5.10 Å². The molecular formula is C27H28N4O4. The molecule has 3 aromatic rings. The first-order valence-electron chi connectivity index (χ1n) is 11.5. The molecule has 1 aromatic heterocycles. The Morgan fingerprint density at radius 1 is 1.09 bits per heavy atom. The third kappa shape index (κ3) is 4.16. The number of fused-ring (bicyclic) bond motifs is 1. The maximum atomic E-state index is 13.3. The van der Waals surface area contributed by atoms with Crippen LogP contribution in [0, 0.1) is 5.41 Å². The summed E-state index contributed by atoms with van der Waals surface area (Å²) in [5, 5.41) is 10.9. The Morgan fingerprint density at radius 3 is 2.54 bits per heavy atom. The van der Waals surface area contributed by atoms with Crippen molar-refractivity contribution in [1.29, 1.82) is 0 Å². The molecule has 1 amide bonds. The molecule has 8 heteroatoms. The molecule has 0 saturated heterocycles. The number of Topliss-reactive ketones (excluding diaryl/α,β-unsaturated/α-hetero) is 1. The molecular weight excluding hydrogens is 444 g/mol. The number of benzene rings is 2. The van der Waals surface area contributed by atoms with Gasteiger partial charge in [0, 0.05) is 29.4 Å². The Kier molecular flexibility index (Phi) is 5.59. The lowest BCUT2D eigenvalue weighted by atomic mass is 9.73. The van der Waals surface area contributed by atoms with E-state index in [9.17, 15) is 9.59 Å². The highest BCUT2D eigenvalue weighted by atomic mass is 16.5. The molecule has 2 aliphatic rings. The smallest absolute Gasteiger partial charge is 0.261 e. The topological polar surface area (TPSA) is 94.5 Å². The second-order valence-corrected chi connectivity index (χ2v) is 9.67. The molecule has 180 valence electrons. The van der Waals surface area contributed by atoms with Crippen molar-refractivity contribution >= 4 is 23.2 Å². The molecule has 0 unspecified atom stereocenters. The Hall–Kier alpha value is -4.07. The van der Waals surface area contributed by atoms with Crippen molar-refractivity contribution in [3.8, 4) is 11.5 Å². The fourth-order valence-electron chi connectivity index (χ4n) is 4.87. The molecule has 1 atom stereocenters. The van der Waals surface area contributed by atoms with Gasteiger partial charge in [-0.25, -0.2) is 4.68 Å². The summed E-state index contributed by atoms with van der Waals surface area (Å²) < 4.78 is 12.3. The largest absolute Gasteiger partial charge is 0.497 e. The van der Waals surface area contributed by atoms with Gasteiger partial charge in [0.05, 0.1) is 20.4 Å². The summed E-state index contributed by atoms with van der Waals surface area (Å²) >= 11 is 0. The molecule has 2 heterocycles. The predicted molar refractivity (Wildman–Crippen MR) is 133 cm³/mol. The van der Waals surface area contributed by atoms with Gasteiger partial charge in [-0.1, -0.05) is 32.0 Å². The number of allylic oxidation sites excluding steroid dienone is 2. The third-order valence-electron chi connectivity index (χ3n) is 6.51. The summed E-state index contributed by atoms with van der Waals surface area (Å²) in [6, 6.07) is 14.4. The van der Waals surface area contributed by atoms with Crippen LogP contribution in [-0.4, -0.2) is 35.7 Å². The summed E-state index contributed by atoms with van der Waals surface area (Å²) in [6.07, 6.45) is 2.70. The molecule has 1 aliphatic heterocycles. The molecule has 5 rings (SSSR count). The number of carbonyl (C=O) groups is 2. The van der Waals surface area contributed by atoms with Crippen LogP contribution in [0.4, 0.5) is 11.5 Å². The van der Waals surface area contributed by atoms with Crippen LogP contribution in [0.2, 0.25) is 0 Å². The van der Waals surface area contributed by atoms with Gasteiger partial charge in [-0.3, -0.25) is 9.59 Å². The van der Waals surface area contributed by atoms with Crippen LogP contribution in [0.3, 0.4) is 0 Å². The number of nitrogens with zero attached hydrogens (tertiary/aromatic N) is 2. The van der Waals surface area contributed by atoms with Crippen LogP contribution in [-0.2, 0) is 4.79 Å². The van der Waals surface area contributed by atoms with E-state index in [1.807, 2.05) is 36.4 Å². The first kappa shape index (κ1) is 22.7. The molecule has 2 N–H and O–H groups in total.